The van der Waals surface area contributed by atoms with Crippen LogP contribution < -0.4 is 0 Å². The number of carboxylic acids is 1. The predicted octanol–water partition coefficient (Wildman–Crippen LogP) is 1.67. The van der Waals surface area contributed by atoms with E-state index in [4.69, 9.17) is 4.74 Å². The van der Waals surface area contributed by atoms with Crippen molar-refractivity contribution in [1.82, 2.24) is 0 Å². The van der Waals surface area contributed by atoms with Gasteiger partial charge >= 0.3 is 11.9 Å². The van der Waals surface area contributed by atoms with Crippen LogP contribution in [0.4, 0.5) is 0 Å². The second-order valence-corrected chi connectivity index (χ2v) is 3.77. The Kier molecular flexibility index (Phi) is 4.20. The fraction of sp³-hybridized carbons (Fsp3) is 0.308. The summed E-state index contributed by atoms with van der Waals surface area (Å²) in [7, 11) is 0. The minimum atomic E-state index is -2.15. The topological polar surface area (TPSA) is 80.7 Å². The van der Waals surface area contributed by atoms with E-state index >= 15 is 0 Å². The Labute approximate surface area is 104 Å². The van der Waals surface area contributed by atoms with E-state index in [-0.39, 0.29) is 12.0 Å². The summed E-state index contributed by atoms with van der Waals surface area (Å²) in [5.74, 6) is -2.99. The summed E-state index contributed by atoms with van der Waals surface area (Å²) in [6, 6.07) is 7.90. The molecule has 0 aliphatic carbocycles. The maximum atomic E-state index is 12.2. The average molecular weight is 250 g/mol. The van der Waals surface area contributed by atoms with Gasteiger partial charge in [-0.15, -0.1) is 0 Å². The van der Waals surface area contributed by atoms with Crippen LogP contribution in [0.25, 0.3) is 0 Å². The number of rotatable bonds is 5. The zero-order valence-electron chi connectivity index (χ0n) is 10.2. The number of esters is 1. The van der Waals surface area contributed by atoms with Gasteiger partial charge in [0.1, 0.15) is 0 Å². The molecule has 0 radical (unpaired) electrons. The number of hydrogen-bond donors (Lipinski definition) is 1. The van der Waals surface area contributed by atoms with Gasteiger partial charge < -0.3 is 9.84 Å². The highest BCUT2D eigenvalue weighted by Crippen LogP contribution is 2.23. The van der Waals surface area contributed by atoms with Gasteiger partial charge in [-0.1, -0.05) is 37.3 Å². The number of hydrogen-bond acceptors (Lipinski definition) is 4. The molecular formula is C13H14O5. The second kappa shape index (κ2) is 5.44. The highest BCUT2D eigenvalue weighted by Gasteiger charge is 2.48. The van der Waals surface area contributed by atoms with E-state index < -0.39 is 23.3 Å². The first kappa shape index (κ1) is 13.9. The van der Waals surface area contributed by atoms with Gasteiger partial charge in [-0.25, -0.2) is 4.79 Å². The largest absolute Gasteiger partial charge is 0.478 e. The molecule has 5 nitrogen and oxygen atoms in total. The monoisotopic (exact) mass is 250 g/mol. The lowest BCUT2D eigenvalue weighted by Gasteiger charge is -2.26. The molecule has 1 N–H and O–H groups in total. The number of benzene rings is 1. The van der Waals surface area contributed by atoms with Crippen LogP contribution in [0.5, 0.6) is 0 Å². The standard InChI is InChI=1S/C13H14O5/c1-3-13(12(16)17,18-9(2)14)11(15)10-7-5-4-6-8-10/h4-8H,3H2,1-2H3,(H,16,17). The molecule has 18 heavy (non-hydrogen) atoms. The van der Waals surface area contributed by atoms with E-state index in [1.54, 1.807) is 18.2 Å². The van der Waals surface area contributed by atoms with Gasteiger partial charge in [0.2, 0.25) is 5.78 Å². The lowest BCUT2D eigenvalue weighted by molar-refractivity contribution is -0.171. The Bertz CT molecular complexity index is 466. The Morgan fingerprint density at radius 3 is 2.17 bits per heavy atom. The number of Topliss-reactive ketones (excluding diaryl/α,β-unsaturated/α-hetero) is 1. The highest BCUT2D eigenvalue weighted by molar-refractivity contribution is 6.15. The Balaban J connectivity index is 3.22. The molecule has 0 saturated heterocycles. The normalized spacial score (nSPS) is 13.4. The average Bonchev–Trinajstić information content (AvgIpc) is 2.35. The molecule has 1 atom stereocenters. The molecule has 0 saturated carbocycles. The molecule has 0 spiro atoms. The van der Waals surface area contributed by atoms with Gasteiger partial charge in [0.05, 0.1) is 0 Å². The second-order valence-electron chi connectivity index (χ2n) is 3.77. The summed E-state index contributed by atoms with van der Waals surface area (Å²) in [5.41, 5.74) is -1.95. The summed E-state index contributed by atoms with van der Waals surface area (Å²) in [6.45, 7) is 2.56. The Morgan fingerprint density at radius 2 is 1.78 bits per heavy atom. The smallest absolute Gasteiger partial charge is 0.356 e. The van der Waals surface area contributed by atoms with Crippen LogP contribution >= 0.6 is 0 Å². The first-order valence-corrected chi connectivity index (χ1v) is 5.47. The molecule has 0 fully saturated rings. The molecule has 0 amide bonds. The predicted molar refractivity (Wildman–Crippen MR) is 63.2 cm³/mol. The van der Waals surface area contributed by atoms with Gasteiger partial charge in [-0.3, -0.25) is 9.59 Å². The van der Waals surface area contributed by atoms with Crippen molar-refractivity contribution in [1.29, 1.82) is 0 Å². The molecule has 96 valence electrons. The van der Waals surface area contributed by atoms with Gasteiger partial charge in [0.25, 0.3) is 5.60 Å². The van der Waals surface area contributed by atoms with Crippen molar-refractivity contribution in [3.05, 3.63) is 35.9 Å². The van der Waals surface area contributed by atoms with E-state index in [1.165, 1.54) is 19.1 Å². The molecule has 0 aromatic heterocycles. The van der Waals surface area contributed by atoms with Gasteiger partial charge in [0.15, 0.2) is 0 Å². The molecule has 1 aromatic carbocycles. The van der Waals surface area contributed by atoms with Gasteiger partial charge in [-0.2, -0.15) is 0 Å². The quantitative estimate of drug-likeness (QED) is 0.488. The first-order valence-electron chi connectivity index (χ1n) is 5.47. The molecular weight excluding hydrogens is 236 g/mol. The van der Waals surface area contributed by atoms with Crippen molar-refractivity contribution in [3.63, 3.8) is 0 Å². The lowest BCUT2D eigenvalue weighted by atomic mass is 9.90. The van der Waals surface area contributed by atoms with Crippen molar-refractivity contribution in [3.8, 4) is 0 Å². The van der Waals surface area contributed by atoms with E-state index in [1.807, 2.05) is 0 Å². The van der Waals surface area contributed by atoms with Crippen molar-refractivity contribution in [2.24, 2.45) is 0 Å². The summed E-state index contributed by atoms with van der Waals surface area (Å²) in [6.07, 6.45) is -0.129. The minimum Gasteiger partial charge on any atom is -0.478 e. The van der Waals surface area contributed by atoms with E-state index in [0.29, 0.717) is 0 Å². The molecule has 1 rings (SSSR count). The third-order valence-electron chi connectivity index (χ3n) is 2.56. The third-order valence-corrected chi connectivity index (χ3v) is 2.56. The molecule has 5 heteroatoms. The van der Waals surface area contributed by atoms with Gasteiger partial charge in [-0.05, 0) is 0 Å². The molecule has 1 aromatic rings. The Morgan fingerprint density at radius 1 is 1.22 bits per heavy atom. The molecule has 0 heterocycles. The summed E-state index contributed by atoms with van der Waals surface area (Å²) in [4.78, 5) is 34.5. The van der Waals surface area contributed by atoms with Gasteiger partial charge in [0, 0.05) is 18.9 Å². The first-order chi connectivity index (χ1) is 8.44. The molecule has 0 bridgehead atoms. The number of carbonyl (C=O) groups excluding carboxylic acids is 2. The van der Waals surface area contributed by atoms with E-state index in [9.17, 15) is 19.5 Å². The van der Waals surface area contributed by atoms with Crippen LogP contribution in [0, 0.1) is 0 Å². The Hall–Kier alpha value is -2.17. The van der Waals surface area contributed by atoms with E-state index in [2.05, 4.69) is 0 Å². The summed E-state index contributed by atoms with van der Waals surface area (Å²) in [5, 5.41) is 9.21. The van der Waals surface area contributed by atoms with Crippen LogP contribution in [0.2, 0.25) is 0 Å². The maximum absolute atomic E-state index is 12.2. The summed E-state index contributed by atoms with van der Waals surface area (Å²) < 4.78 is 4.78. The lowest BCUT2D eigenvalue weighted by Crippen LogP contribution is -2.49. The number of carbonyl (C=O) groups is 3. The van der Waals surface area contributed by atoms with Crippen LogP contribution in [0.15, 0.2) is 30.3 Å². The van der Waals surface area contributed by atoms with Crippen LogP contribution in [0.3, 0.4) is 0 Å². The summed E-state index contributed by atoms with van der Waals surface area (Å²) >= 11 is 0. The zero-order valence-corrected chi connectivity index (χ0v) is 10.2. The number of ether oxygens (including phenoxy) is 1. The minimum absolute atomic E-state index is 0.129. The number of carboxylic acid groups (broad SMARTS) is 1. The van der Waals surface area contributed by atoms with Crippen molar-refractivity contribution < 1.29 is 24.2 Å². The van der Waals surface area contributed by atoms with Crippen LogP contribution in [0.1, 0.15) is 30.6 Å². The van der Waals surface area contributed by atoms with Crippen molar-refractivity contribution in [2.75, 3.05) is 0 Å². The van der Waals surface area contributed by atoms with Crippen molar-refractivity contribution >= 4 is 17.7 Å². The van der Waals surface area contributed by atoms with Crippen LogP contribution in [-0.2, 0) is 14.3 Å². The fourth-order valence-electron chi connectivity index (χ4n) is 1.64. The SMILES string of the molecule is CCC(OC(C)=O)(C(=O)O)C(=O)c1ccccc1. The van der Waals surface area contributed by atoms with Crippen molar-refractivity contribution in [2.45, 2.75) is 25.9 Å². The zero-order chi connectivity index (χ0) is 13.8. The molecule has 0 aliphatic rings. The maximum Gasteiger partial charge on any atom is 0.356 e. The number of ketones is 1. The third kappa shape index (κ3) is 2.56. The molecule has 0 aliphatic heterocycles. The highest BCUT2D eigenvalue weighted by atomic mass is 16.6. The van der Waals surface area contributed by atoms with E-state index in [0.717, 1.165) is 6.92 Å². The van der Waals surface area contributed by atoms with Crippen LogP contribution in [-0.4, -0.2) is 28.4 Å². The number of aliphatic carboxylic acids is 1. The fourth-order valence-corrected chi connectivity index (χ4v) is 1.64. The molecule has 1 unspecified atom stereocenters.